The van der Waals surface area contributed by atoms with Gasteiger partial charge in [0, 0.05) is 18.8 Å². The van der Waals surface area contributed by atoms with E-state index in [1.165, 1.54) is 16.8 Å². The van der Waals surface area contributed by atoms with Gasteiger partial charge in [0.2, 0.25) is 0 Å². The van der Waals surface area contributed by atoms with Gasteiger partial charge in [0.15, 0.2) is 0 Å². The first-order chi connectivity index (χ1) is 9.24. The summed E-state index contributed by atoms with van der Waals surface area (Å²) in [6, 6.07) is 18.4. The Balaban J connectivity index is 2.24. The SMILES string of the molecule is CCN(Cc1cccc(C#N)c1)c1ccccc1C. The molecule has 0 aromatic heterocycles. The van der Waals surface area contributed by atoms with Gasteiger partial charge in [-0.15, -0.1) is 0 Å². The third kappa shape index (κ3) is 3.14. The Hall–Kier alpha value is -2.27. The van der Waals surface area contributed by atoms with E-state index in [0.29, 0.717) is 0 Å². The van der Waals surface area contributed by atoms with E-state index in [2.05, 4.69) is 55.1 Å². The number of para-hydroxylation sites is 1. The molecule has 19 heavy (non-hydrogen) atoms. The van der Waals surface area contributed by atoms with Gasteiger partial charge in [-0.2, -0.15) is 5.26 Å². The minimum absolute atomic E-state index is 0.721. The molecule has 0 aliphatic rings. The van der Waals surface area contributed by atoms with Crippen molar-refractivity contribution in [2.24, 2.45) is 0 Å². The molecule has 2 rings (SSSR count). The van der Waals surface area contributed by atoms with E-state index in [9.17, 15) is 0 Å². The highest BCUT2D eigenvalue weighted by atomic mass is 15.1. The molecule has 0 saturated carbocycles. The number of hydrogen-bond acceptors (Lipinski definition) is 2. The number of benzene rings is 2. The molecule has 2 heteroatoms. The van der Waals surface area contributed by atoms with Gasteiger partial charge in [0.25, 0.3) is 0 Å². The molecule has 0 heterocycles. The van der Waals surface area contributed by atoms with Crippen molar-refractivity contribution in [3.63, 3.8) is 0 Å². The Morgan fingerprint density at radius 2 is 1.89 bits per heavy atom. The topological polar surface area (TPSA) is 27.0 Å². The summed E-state index contributed by atoms with van der Waals surface area (Å²) in [5.41, 5.74) is 4.43. The fourth-order valence-electron chi connectivity index (χ4n) is 2.25. The van der Waals surface area contributed by atoms with Crippen molar-refractivity contribution in [2.75, 3.05) is 11.4 Å². The average molecular weight is 250 g/mol. The van der Waals surface area contributed by atoms with E-state index in [1.807, 2.05) is 18.2 Å². The summed E-state index contributed by atoms with van der Waals surface area (Å²) in [6.07, 6.45) is 0. The summed E-state index contributed by atoms with van der Waals surface area (Å²) in [4.78, 5) is 2.33. The fraction of sp³-hybridized carbons (Fsp3) is 0.235. The maximum absolute atomic E-state index is 8.95. The molecule has 0 bridgehead atoms. The first-order valence-corrected chi connectivity index (χ1v) is 6.54. The van der Waals surface area contributed by atoms with Crippen LogP contribution in [-0.2, 0) is 6.54 Å². The summed E-state index contributed by atoms with van der Waals surface area (Å²) in [6.45, 7) is 6.06. The summed E-state index contributed by atoms with van der Waals surface area (Å²) >= 11 is 0. The molecule has 0 radical (unpaired) electrons. The lowest BCUT2D eigenvalue weighted by Crippen LogP contribution is -2.22. The number of aryl methyl sites for hydroxylation is 1. The molecule has 0 atom stereocenters. The van der Waals surface area contributed by atoms with E-state index in [-0.39, 0.29) is 0 Å². The highest BCUT2D eigenvalue weighted by molar-refractivity contribution is 5.53. The van der Waals surface area contributed by atoms with Crippen LogP contribution in [0.1, 0.15) is 23.6 Å². The third-order valence-corrected chi connectivity index (χ3v) is 3.27. The maximum Gasteiger partial charge on any atom is 0.0991 e. The Kier molecular flexibility index (Phi) is 4.20. The number of nitrogens with zero attached hydrogens (tertiary/aromatic N) is 2. The van der Waals surface area contributed by atoms with Crippen molar-refractivity contribution in [2.45, 2.75) is 20.4 Å². The van der Waals surface area contributed by atoms with Crippen LogP contribution in [0.4, 0.5) is 5.69 Å². The molecule has 0 N–H and O–H groups in total. The molecule has 0 amide bonds. The number of rotatable bonds is 4. The van der Waals surface area contributed by atoms with Crippen molar-refractivity contribution < 1.29 is 0 Å². The van der Waals surface area contributed by atoms with Crippen LogP contribution in [0, 0.1) is 18.3 Å². The zero-order valence-corrected chi connectivity index (χ0v) is 11.4. The number of nitriles is 1. The Labute approximate surface area is 114 Å². The summed E-state index contributed by atoms with van der Waals surface area (Å²) in [7, 11) is 0. The first kappa shape index (κ1) is 13.2. The molecule has 2 aromatic rings. The summed E-state index contributed by atoms with van der Waals surface area (Å²) in [5.74, 6) is 0. The Bertz CT molecular complexity index is 596. The van der Waals surface area contributed by atoms with Crippen molar-refractivity contribution in [1.29, 1.82) is 5.26 Å². The third-order valence-electron chi connectivity index (χ3n) is 3.27. The first-order valence-electron chi connectivity index (χ1n) is 6.54. The van der Waals surface area contributed by atoms with Crippen LogP contribution in [-0.4, -0.2) is 6.54 Å². The Morgan fingerprint density at radius 1 is 1.11 bits per heavy atom. The molecule has 2 aromatic carbocycles. The fourth-order valence-corrected chi connectivity index (χ4v) is 2.25. The lowest BCUT2D eigenvalue weighted by Gasteiger charge is -2.25. The molecule has 0 spiro atoms. The van der Waals surface area contributed by atoms with Gasteiger partial charge in [0.1, 0.15) is 0 Å². The monoisotopic (exact) mass is 250 g/mol. The molecule has 0 saturated heterocycles. The van der Waals surface area contributed by atoms with Gasteiger partial charge in [-0.05, 0) is 43.2 Å². The minimum Gasteiger partial charge on any atom is -0.367 e. The average Bonchev–Trinajstić information content (AvgIpc) is 2.46. The van der Waals surface area contributed by atoms with E-state index >= 15 is 0 Å². The zero-order valence-electron chi connectivity index (χ0n) is 11.4. The van der Waals surface area contributed by atoms with Gasteiger partial charge in [-0.25, -0.2) is 0 Å². The van der Waals surface area contributed by atoms with Gasteiger partial charge in [-0.1, -0.05) is 30.3 Å². The number of anilines is 1. The second-order valence-electron chi connectivity index (χ2n) is 4.61. The van der Waals surface area contributed by atoms with Crippen molar-refractivity contribution in [3.8, 4) is 6.07 Å². The van der Waals surface area contributed by atoms with Gasteiger partial charge >= 0.3 is 0 Å². The van der Waals surface area contributed by atoms with Crippen LogP contribution in [0.2, 0.25) is 0 Å². The molecule has 2 nitrogen and oxygen atoms in total. The van der Waals surface area contributed by atoms with Crippen LogP contribution in [0.3, 0.4) is 0 Å². The predicted octanol–water partition coefficient (Wildman–Crippen LogP) is 3.89. The van der Waals surface area contributed by atoms with Gasteiger partial charge in [-0.3, -0.25) is 0 Å². The van der Waals surface area contributed by atoms with Crippen LogP contribution in [0.25, 0.3) is 0 Å². The quantitative estimate of drug-likeness (QED) is 0.823. The zero-order chi connectivity index (χ0) is 13.7. The van der Waals surface area contributed by atoms with Crippen LogP contribution in [0.5, 0.6) is 0 Å². The molecular weight excluding hydrogens is 232 g/mol. The highest BCUT2D eigenvalue weighted by Gasteiger charge is 2.07. The smallest absolute Gasteiger partial charge is 0.0991 e. The standard InChI is InChI=1S/C17H18N2/c1-3-19(17-10-5-4-7-14(17)2)13-16-9-6-8-15(11-16)12-18/h4-11H,3,13H2,1-2H3. The molecule has 96 valence electrons. The normalized spacial score (nSPS) is 9.95. The van der Waals surface area contributed by atoms with Crippen LogP contribution >= 0.6 is 0 Å². The van der Waals surface area contributed by atoms with Crippen molar-refractivity contribution >= 4 is 5.69 Å². The lowest BCUT2D eigenvalue weighted by molar-refractivity contribution is 0.828. The number of hydrogen-bond donors (Lipinski definition) is 0. The molecule has 0 fully saturated rings. The van der Waals surface area contributed by atoms with E-state index in [0.717, 1.165) is 18.7 Å². The molecule has 0 aliphatic carbocycles. The largest absolute Gasteiger partial charge is 0.367 e. The summed E-state index contributed by atoms with van der Waals surface area (Å²) in [5, 5.41) is 8.95. The second-order valence-corrected chi connectivity index (χ2v) is 4.61. The molecule has 0 unspecified atom stereocenters. The highest BCUT2D eigenvalue weighted by Crippen LogP contribution is 2.21. The Morgan fingerprint density at radius 3 is 2.58 bits per heavy atom. The maximum atomic E-state index is 8.95. The second kappa shape index (κ2) is 6.06. The van der Waals surface area contributed by atoms with Gasteiger partial charge in [0.05, 0.1) is 11.6 Å². The minimum atomic E-state index is 0.721. The van der Waals surface area contributed by atoms with Crippen molar-refractivity contribution in [1.82, 2.24) is 0 Å². The summed E-state index contributed by atoms with van der Waals surface area (Å²) < 4.78 is 0. The molecular formula is C17H18N2. The van der Waals surface area contributed by atoms with Crippen LogP contribution < -0.4 is 4.90 Å². The molecule has 0 aliphatic heterocycles. The predicted molar refractivity (Wildman–Crippen MR) is 79.1 cm³/mol. The van der Waals surface area contributed by atoms with Crippen molar-refractivity contribution in [3.05, 3.63) is 65.2 Å². The van der Waals surface area contributed by atoms with E-state index < -0.39 is 0 Å². The lowest BCUT2D eigenvalue weighted by atomic mass is 10.1. The van der Waals surface area contributed by atoms with Gasteiger partial charge < -0.3 is 4.90 Å². The van der Waals surface area contributed by atoms with E-state index in [1.54, 1.807) is 0 Å². The van der Waals surface area contributed by atoms with Crippen LogP contribution in [0.15, 0.2) is 48.5 Å². The van der Waals surface area contributed by atoms with E-state index in [4.69, 9.17) is 5.26 Å².